The number of carbonyl (C=O) groups excluding carboxylic acids is 1. The van der Waals surface area contributed by atoms with Crippen molar-refractivity contribution >= 4 is 5.97 Å². The molecule has 0 aromatic heterocycles. The maximum atomic E-state index is 14.3. The van der Waals surface area contributed by atoms with Gasteiger partial charge in [-0.2, -0.15) is 43.9 Å². The first-order valence-corrected chi connectivity index (χ1v) is 7.22. The molecule has 1 saturated heterocycles. The molecule has 1 fully saturated rings. The van der Waals surface area contributed by atoms with E-state index in [0.29, 0.717) is 0 Å². The highest BCUT2D eigenvalue weighted by molar-refractivity contribution is 5.72. The van der Waals surface area contributed by atoms with Crippen LogP contribution >= 0.6 is 0 Å². The Bertz CT molecular complexity index is 549. The van der Waals surface area contributed by atoms with Gasteiger partial charge in [0.2, 0.25) is 11.7 Å². The molecule has 14 heteroatoms. The van der Waals surface area contributed by atoms with Crippen LogP contribution in [0.15, 0.2) is 0 Å². The minimum atomic E-state index is -6.65. The van der Waals surface area contributed by atoms with Crippen molar-refractivity contribution in [1.29, 1.82) is 0 Å². The topological polar surface area (TPSA) is 55.8 Å². The normalized spacial score (nSPS) is 34.8. The van der Waals surface area contributed by atoms with E-state index in [1.54, 1.807) is 0 Å². The van der Waals surface area contributed by atoms with Crippen LogP contribution in [-0.2, 0) is 14.3 Å². The Morgan fingerprint density at radius 2 is 1.52 bits per heavy atom. The van der Waals surface area contributed by atoms with Crippen LogP contribution in [0, 0.1) is 5.92 Å². The number of ether oxygens (including phenoxy) is 2. The van der Waals surface area contributed by atoms with E-state index in [0.717, 1.165) is 6.92 Å². The van der Waals surface area contributed by atoms with Gasteiger partial charge in [-0.25, -0.2) is 0 Å². The van der Waals surface area contributed by atoms with E-state index in [4.69, 9.17) is 0 Å². The quantitative estimate of drug-likeness (QED) is 0.553. The Labute approximate surface area is 145 Å². The number of alkyl halides is 10. The molecule has 0 aromatic rings. The SMILES string of the molecule is CCC(C)C(=O)OC1C(F)(F)C(C)(C(F)(F)F)OC(O)(C(F)(F)F)C1(F)F. The minimum absolute atomic E-state index is 0.209. The molecule has 0 aromatic carbocycles. The molecule has 1 aliphatic rings. The fourth-order valence-electron chi connectivity index (χ4n) is 2.13. The molecule has 0 spiro atoms. The molecular formula is C13H14F10O4. The Hall–Kier alpha value is -1.31. The molecule has 160 valence electrons. The Kier molecular flexibility index (Phi) is 5.59. The lowest BCUT2D eigenvalue weighted by molar-refractivity contribution is -0.537. The van der Waals surface area contributed by atoms with E-state index in [1.165, 1.54) is 6.92 Å². The zero-order chi connectivity index (χ0) is 21.9. The lowest BCUT2D eigenvalue weighted by Gasteiger charge is -2.54. The van der Waals surface area contributed by atoms with Gasteiger partial charge >= 0.3 is 36.0 Å². The summed E-state index contributed by atoms with van der Waals surface area (Å²) in [4.78, 5) is 11.6. The van der Waals surface area contributed by atoms with Crippen LogP contribution < -0.4 is 0 Å². The Balaban J connectivity index is 3.71. The van der Waals surface area contributed by atoms with Gasteiger partial charge in [0.15, 0.2) is 0 Å². The van der Waals surface area contributed by atoms with Crippen molar-refractivity contribution < 1.29 is 63.3 Å². The van der Waals surface area contributed by atoms with Crippen molar-refractivity contribution in [2.75, 3.05) is 0 Å². The molecule has 4 unspecified atom stereocenters. The second kappa shape index (κ2) is 6.36. The number of hydrogen-bond acceptors (Lipinski definition) is 4. The van der Waals surface area contributed by atoms with E-state index < -0.39 is 60.5 Å². The second-order valence-electron chi connectivity index (χ2n) is 6.15. The molecule has 0 radical (unpaired) electrons. The number of aliphatic hydroxyl groups is 1. The predicted molar refractivity (Wildman–Crippen MR) is 65.8 cm³/mol. The average molecular weight is 424 g/mol. The van der Waals surface area contributed by atoms with Crippen LogP contribution in [0.25, 0.3) is 0 Å². The summed E-state index contributed by atoms with van der Waals surface area (Å²) in [7, 11) is 0. The molecule has 1 N–H and O–H groups in total. The van der Waals surface area contributed by atoms with Crippen LogP contribution in [0.5, 0.6) is 0 Å². The van der Waals surface area contributed by atoms with Crippen LogP contribution in [0.3, 0.4) is 0 Å². The summed E-state index contributed by atoms with van der Waals surface area (Å²) in [6.07, 6.45) is -17.8. The molecule has 4 atom stereocenters. The summed E-state index contributed by atoms with van der Waals surface area (Å²) in [6.45, 7) is 1.54. The zero-order valence-electron chi connectivity index (χ0n) is 13.8. The first kappa shape index (κ1) is 23.7. The van der Waals surface area contributed by atoms with Gasteiger partial charge in [0.1, 0.15) is 0 Å². The van der Waals surface area contributed by atoms with Crippen LogP contribution in [0.4, 0.5) is 43.9 Å². The van der Waals surface area contributed by atoms with Crippen molar-refractivity contribution in [1.82, 2.24) is 0 Å². The molecule has 27 heavy (non-hydrogen) atoms. The van der Waals surface area contributed by atoms with Crippen molar-refractivity contribution in [2.24, 2.45) is 5.92 Å². The van der Waals surface area contributed by atoms with E-state index in [-0.39, 0.29) is 6.42 Å². The summed E-state index contributed by atoms with van der Waals surface area (Å²) >= 11 is 0. The first-order chi connectivity index (χ1) is 11.7. The monoisotopic (exact) mass is 424 g/mol. The summed E-state index contributed by atoms with van der Waals surface area (Å²) in [5, 5.41) is 9.22. The van der Waals surface area contributed by atoms with Gasteiger partial charge in [-0.3, -0.25) is 4.79 Å². The first-order valence-electron chi connectivity index (χ1n) is 7.22. The Morgan fingerprint density at radius 3 is 1.85 bits per heavy atom. The fraction of sp³-hybridized carbons (Fsp3) is 0.923. The molecule has 1 rings (SSSR count). The summed E-state index contributed by atoms with van der Waals surface area (Å²) in [5.41, 5.74) is -5.26. The van der Waals surface area contributed by atoms with Gasteiger partial charge in [0.25, 0.3) is 0 Å². The third-order valence-electron chi connectivity index (χ3n) is 4.27. The molecule has 0 aliphatic carbocycles. The number of hydrogen-bond donors (Lipinski definition) is 1. The minimum Gasteiger partial charge on any atom is -0.449 e. The van der Waals surface area contributed by atoms with Crippen LogP contribution in [0.2, 0.25) is 0 Å². The van der Waals surface area contributed by atoms with Gasteiger partial charge in [0.05, 0.1) is 5.92 Å². The zero-order valence-corrected chi connectivity index (χ0v) is 13.8. The summed E-state index contributed by atoms with van der Waals surface area (Å²) < 4.78 is 141. The molecule has 1 heterocycles. The molecule has 0 amide bonds. The lowest BCUT2D eigenvalue weighted by atomic mass is 9.81. The number of carbonyl (C=O) groups is 1. The highest BCUT2D eigenvalue weighted by atomic mass is 19.4. The highest BCUT2D eigenvalue weighted by Gasteiger charge is 2.90. The molecule has 1 aliphatic heterocycles. The standard InChI is InChI=1S/C13H14F10O4/c1-4-5(2)6(24)26-7-9(14,15)8(3,12(18,19)20)27-11(25,10(7,16)17)13(21,22)23/h5,7,25H,4H2,1-3H3. The molecule has 4 nitrogen and oxygen atoms in total. The number of rotatable bonds is 3. The van der Waals surface area contributed by atoms with E-state index in [9.17, 15) is 53.8 Å². The number of halogens is 10. The van der Waals surface area contributed by atoms with Crippen LogP contribution in [0.1, 0.15) is 27.2 Å². The van der Waals surface area contributed by atoms with Crippen molar-refractivity contribution in [3.05, 3.63) is 0 Å². The van der Waals surface area contributed by atoms with Crippen molar-refractivity contribution in [3.8, 4) is 0 Å². The molecular weight excluding hydrogens is 410 g/mol. The third-order valence-corrected chi connectivity index (χ3v) is 4.27. The van der Waals surface area contributed by atoms with Crippen LogP contribution in [-0.4, -0.2) is 52.8 Å². The third kappa shape index (κ3) is 3.23. The lowest BCUT2D eigenvalue weighted by Crippen LogP contribution is -2.82. The van der Waals surface area contributed by atoms with Gasteiger partial charge < -0.3 is 14.6 Å². The Morgan fingerprint density at radius 1 is 1.07 bits per heavy atom. The number of esters is 1. The van der Waals surface area contributed by atoms with Gasteiger partial charge in [0, 0.05) is 0 Å². The average Bonchev–Trinajstić information content (AvgIpc) is 2.47. The maximum absolute atomic E-state index is 14.3. The van der Waals surface area contributed by atoms with E-state index >= 15 is 0 Å². The van der Waals surface area contributed by atoms with Gasteiger partial charge in [-0.05, 0) is 13.3 Å². The van der Waals surface area contributed by atoms with E-state index in [2.05, 4.69) is 9.47 Å². The second-order valence-corrected chi connectivity index (χ2v) is 6.15. The maximum Gasteiger partial charge on any atom is 0.449 e. The summed E-state index contributed by atoms with van der Waals surface area (Å²) in [6, 6.07) is 0. The fourth-order valence-corrected chi connectivity index (χ4v) is 2.13. The smallest absolute Gasteiger partial charge is 0.449 e. The predicted octanol–water partition coefficient (Wildman–Crippen LogP) is 3.82. The largest absolute Gasteiger partial charge is 0.449 e. The highest BCUT2D eigenvalue weighted by Crippen LogP contribution is 2.61. The van der Waals surface area contributed by atoms with Gasteiger partial charge in [-0.1, -0.05) is 13.8 Å². The van der Waals surface area contributed by atoms with E-state index in [1.807, 2.05) is 0 Å². The molecule has 0 saturated carbocycles. The summed E-state index contributed by atoms with van der Waals surface area (Å²) in [5.74, 6) is -21.4. The molecule has 0 bridgehead atoms. The van der Waals surface area contributed by atoms with Gasteiger partial charge in [-0.15, -0.1) is 0 Å². The van der Waals surface area contributed by atoms with Crippen molar-refractivity contribution in [2.45, 2.75) is 68.9 Å². The van der Waals surface area contributed by atoms with Crippen molar-refractivity contribution in [3.63, 3.8) is 0 Å².